The maximum absolute atomic E-state index is 13.4. The molecule has 4 rings (SSSR count). The lowest BCUT2D eigenvalue weighted by Crippen LogP contribution is -1.86. The van der Waals surface area contributed by atoms with Crippen LogP contribution in [0.5, 0.6) is 0 Å². The summed E-state index contributed by atoms with van der Waals surface area (Å²) >= 11 is 3.51. The molecule has 146 valence electrons. The summed E-state index contributed by atoms with van der Waals surface area (Å²) in [7, 11) is 0. The summed E-state index contributed by atoms with van der Waals surface area (Å²) in [5.74, 6) is 0.0852. The maximum atomic E-state index is 13.4. The fraction of sp³-hybridized carbons (Fsp3) is 0.0870. The Hall–Kier alpha value is -2.99. The third kappa shape index (κ3) is 3.93. The molecule has 0 aliphatic heterocycles. The van der Waals surface area contributed by atoms with Crippen molar-refractivity contribution in [3.05, 3.63) is 82.6 Å². The Bertz CT molecular complexity index is 1240. The molecule has 0 amide bonds. The Morgan fingerprint density at radius 1 is 1.07 bits per heavy atom. The van der Waals surface area contributed by atoms with Crippen molar-refractivity contribution in [2.45, 2.75) is 13.8 Å². The highest BCUT2D eigenvalue weighted by molar-refractivity contribution is 9.10. The van der Waals surface area contributed by atoms with E-state index in [4.69, 9.17) is 4.98 Å². The summed E-state index contributed by atoms with van der Waals surface area (Å²) in [6.07, 6.45) is 4.99. The van der Waals surface area contributed by atoms with Crippen molar-refractivity contribution in [2.24, 2.45) is 0 Å². The molecule has 0 saturated heterocycles. The maximum Gasteiger partial charge on any atom is 0.140 e. The second-order valence-corrected chi connectivity index (χ2v) is 7.73. The zero-order chi connectivity index (χ0) is 20.5. The minimum absolute atomic E-state index is 0.287. The first-order valence-corrected chi connectivity index (χ1v) is 9.85. The van der Waals surface area contributed by atoms with Crippen LogP contribution in [0.25, 0.3) is 39.1 Å². The quantitative estimate of drug-likeness (QED) is 0.310. The number of halogens is 3. The van der Waals surface area contributed by atoms with E-state index in [1.807, 2.05) is 31.3 Å². The van der Waals surface area contributed by atoms with Gasteiger partial charge in [-0.15, -0.1) is 0 Å². The average molecular weight is 454 g/mol. The van der Waals surface area contributed by atoms with Crippen LogP contribution < -0.4 is 0 Å². The van der Waals surface area contributed by atoms with Gasteiger partial charge in [-0.25, -0.2) is 13.8 Å². The van der Waals surface area contributed by atoms with Crippen LogP contribution in [0.2, 0.25) is 0 Å². The number of hydrogen-bond donors (Lipinski definition) is 2. The second kappa shape index (κ2) is 7.79. The molecule has 0 aliphatic rings. The smallest absolute Gasteiger partial charge is 0.140 e. The molecule has 0 spiro atoms. The van der Waals surface area contributed by atoms with Crippen molar-refractivity contribution in [1.29, 1.82) is 0 Å². The first-order chi connectivity index (χ1) is 13.9. The number of benzene rings is 2. The molecule has 4 aromatic rings. The number of H-pyrrole nitrogens is 2. The molecule has 0 saturated carbocycles. The molecule has 0 aliphatic carbocycles. The predicted octanol–water partition coefficient (Wildman–Crippen LogP) is 7.40. The summed E-state index contributed by atoms with van der Waals surface area (Å²) in [5.41, 5.74) is 4.95. The standard InChI is InChI=1S/C23H18BrF2N3/c1-13(3-4-14(2)25)21-22(15-5-8-17(26)9-6-15)29-23(28-21)19-12-27-20-10-7-16(24)11-18(19)20/h3-12,27H,1-2H3,(H,28,29)/b13-3+,14-4+. The SMILES string of the molecule is C/C(F)=C\C=C(/C)c1nc(-c2c[nH]c3ccc(Br)cc23)[nH]c1-c1ccc(F)cc1. The fourth-order valence-electron chi connectivity index (χ4n) is 3.22. The molecular formula is C23H18BrF2N3. The number of aromatic amines is 2. The number of aromatic nitrogens is 3. The largest absolute Gasteiger partial charge is 0.360 e. The molecule has 6 heteroatoms. The number of allylic oxidation sites excluding steroid dienone is 4. The van der Waals surface area contributed by atoms with Gasteiger partial charge in [0.2, 0.25) is 0 Å². The molecule has 0 unspecified atom stereocenters. The third-order valence-electron chi connectivity index (χ3n) is 4.67. The van der Waals surface area contributed by atoms with Gasteiger partial charge < -0.3 is 9.97 Å². The van der Waals surface area contributed by atoms with Crippen LogP contribution in [-0.4, -0.2) is 15.0 Å². The van der Waals surface area contributed by atoms with Crippen molar-refractivity contribution in [3.8, 4) is 22.6 Å². The minimum atomic E-state index is -0.306. The molecular weight excluding hydrogens is 436 g/mol. The summed E-state index contributed by atoms with van der Waals surface area (Å²) < 4.78 is 27.6. The van der Waals surface area contributed by atoms with Crippen molar-refractivity contribution < 1.29 is 8.78 Å². The molecule has 0 fully saturated rings. The zero-order valence-electron chi connectivity index (χ0n) is 15.9. The lowest BCUT2D eigenvalue weighted by atomic mass is 10.1. The van der Waals surface area contributed by atoms with E-state index in [2.05, 4.69) is 25.9 Å². The van der Waals surface area contributed by atoms with E-state index in [1.165, 1.54) is 25.1 Å². The Morgan fingerprint density at radius 2 is 1.83 bits per heavy atom. The first kappa shape index (κ1) is 19.3. The molecule has 29 heavy (non-hydrogen) atoms. The van der Waals surface area contributed by atoms with Gasteiger partial charge in [-0.3, -0.25) is 0 Å². The average Bonchev–Trinajstić information content (AvgIpc) is 3.30. The van der Waals surface area contributed by atoms with E-state index in [0.717, 1.165) is 37.8 Å². The Morgan fingerprint density at radius 3 is 2.55 bits per heavy atom. The predicted molar refractivity (Wildman–Crippen MR) is 117 cm³/mol. The summed E-state index contributed by atoms with van der Waals surface area (Å²) in [4.78, 5) is 11.4. The van der Waals surface area contributed by atoms with Gasteiger partial charge in [-0.05, 0) is 68.0 Å². The lowest BCUT2D eigenvalue weighted by Gasteiger charge is -2.03. The summed E-state index contributed by atoms with van der Waals surface area (Å²) in [6, 6.07) is 12.2. The number of hydrogen-bond acceptors (Lipinski definition) is 1. The minimum Gasteiger partial charge on any atom is -0.360 e. The molecule has 0 radical (unpaired) electrons. The molecule has 2 heterocycles. The van der Waals surface area contributed by atoms with E-state index in [1.54, 1.807) is 18.2 Å². The van der Waals surface area contributed by atoms with Gasteiger partial charge in [0.15, 0.2) is 0 Å². The van der Waals surface area contributed by atoms with Gasteiger partial charge in [0.25, 0.3) is 0 Å². The summed E-state index contributed by atoms with van der Waals surface area (Å²) in [6.45, 7) is 3.27. The van der Waals surface area contributed by atoms with Crippen LogP contribution in [0.15, 0.2) is 71.1 Å². The van der Waals surface area contributed by atoms with Crippen LogP contribution >= 0.6 is 15.9 Å². The van der Waals surface area contributed by atoms with Gasteiger partial charge in [-0.2, -0.15) is 0 Å². The highest BCUT2D eigenvalue weighted by Gasteiger charge is 2.17. The lowest BCUT2D eigenvalue weighted by molar-refractivity contribution is 0.628. The van der Waals surface area contributed by atoms with Crippen LogP contribution in [0, 0.1) is 5.82 Å². The normalized spacial score (nSPS) is 12.7. The van der Waals surface area contributed by atoms with Gasteiger partial charge in [0.1, 0.15) is 11.6 Å². The number of nitrogens with one attached hydrogen (secondary N) is 2. The van der Waals surface area contributed by atoms with Crippen molar-refractivity contribution in [2.75, 3.05) is 0 Å². The number of fused-ring (bicyclic) bond motifs is 1. The van der Waals surface area contributed by atoms with Crippen molar-refractivity contribution in [3.63, 3.8) is 0 Å². The molecule has 0 bridgehead atoms. The number of nitrogens with zero attached hydrogens (tertiary/aromatic N) is 1. The molecule has 2 aromatic carbocycles. The van der Waals surface area contributed by atoms with Crippen molar-refractivity contribution >= 4 is 32.4 Å². The van der Waals surface area contributed by atoms with E-state index in [-0.39, 0.29) is 11.6 Å². The number of imidazole rings is 1. The second-order valence-electron chi connectivity index (χ2n) is 6.81. The van der Waals surface area contributed by atoms with Gasteiger partial charge in [-0.1, -0.05) is 22.0 Å². The van der Waals surface area contributed by atoms with Crippen LogP contribution in [0.3, 0.4) is 0 Å². The van der Waals surface area contributed by atoms with Crippen molar-refractivity contribution in [1.82, 2.24) is 15.0 Å². The topological polar surface area (TPSA) is 44.5 Å². The Balaban J connectivity index is 1.91. The monoisotopic (exact) mass is 453 g/mol. The molecule has 2 aromatic heterocycles. The van der Waals surface area contributed by atoms with Gasteiger partial charge in [0.05, 0.1) is 17.2 Å². The first-order valence-electron chi connectivity index (χ1n) is 9.06. The third-order valence-corrected chi connectivity index (χ3v) is 5.17. The molecule has 3 nitrogen and oxygen atoms in total. The van der Waals surface area contributed by atoms with E-state index in [9.17, 15) is 8.78 Å². The van der Waals surface area contributed by atoms with Crippen LogP contribution in [0.4, 0.5) is 8.78 Å². The Labute approximate surface area is 175 Å². The highest BCUT2D eigenvalue weighted by Crippen LogP contribution is 2.34. The van der Waals surface area contributed by atoms with E-state index < -0.39 is 0 Å². The van der Waals surface area contributed by atoms with Crippen LogP contribution in [0.1, 0.15) is 19.5 Å². The molecule has 0 atom stereocenters. The number of rotatable bonds is 4. The fourth-order valence-corrected chi connectivity index (χ4v) is 3.58. The highest BCUT2D eigenvalue weighted by atomic mass is 79.9. The van der Waals surface area contributed by atoms with Crippen LogP contribution in [-0.2, 0) is 0 Å². The van der Waals surface area contributed by atoms with Gasteiger partial charge in [0, 0.05) is 32.7 Å². The zero-order valence-corrected chi connectivity index (χ0v) is 17.4. The van der Waals surface area contributed by atoms with E-state index in [0.29, 0.717) is 11.5 Å². The Kier molecular flexibility index (Phi) is 5.20. The summed E-state index contributed by atoms with van der Waals surface area (Å²) in [5, 5.41) is 1.02. The van der Waals surface area contributed by atoms with E-state index >= 15 is 0 Å². The van der Waals surface area contributed by atoms with Gasteiger partial charge >= 0.3 is 0 Å². The molecule has 2 N–H and O–H groups in total.